The number of nitrogens with one attached hydrogen (secondary N) is 1. The fourth-order valence-corrected chi connectivity index (χ4v) is 5.58. The van der Waals surface area contributed by atoms with Crippen molar-refractivity contribution in [3.05, 3.63) is 29.8 Å². The molecule has 1 aromatic rings. The van der Waals surface area contributed by atoms with E-state index in [0.717, 1.165) is 6.07 Å². The van der Waals surface area contributed by atoms with Crippen LogP contribution in [0, 0.1) is 5.92 Å². The van der Waals surface area contributed by atoms with Crippen molar-refractivity contribution >= 4 is 31.7 Å². The van der Waals surface area contributed by atoms with Gasteiger partial charge in [0.15, 0.2) is 16.4 Å². The monoisotopic (exact) mass is 446 g/mol. The van der Waals surface area contributed by atoms with Crippen molar-refractivity contribution in [1.29, 1.82) is 0 Å². The number of benzene rings is 1. The van der Waals surface area contributed by atoms with E-state index in [-0.39, 0.29) is 27.9 Å². The van der Waals surface area contributed by atoms with Gasteiger partial charge in [0.25, 0.3) is 5.91 Å². The highest BCUT2D eigenvalue weighted by Crippen LogP contribution is 2.19. The van der Waals surface area contributed by atoms with E-state index in [0.29, 0.717) is 13.0 Å². The first kappa shape index (κ1) is 23.3. The Morgan fingerprint density at radius 1 is 1.31 bits per heavy atom. The molecule has 1 atom stereocenters. The Morgan fingerprint density at radius 2 is 2.00 bits per heavy atom. The quantitative estimate of drug-likeness (QED) is 0.574. The Morgan fingerprint density at radius 3 is 2.55 bits per heavy atom. The summed E-state index contributed by atoms with van der Waals surface area (Å²) in [6, 6.07) is 4.85. The number of hydrogen-bond donors (Lipinski definition) is 1. The molecule has 1 amide bonds. The highest BCUT2D eigenvalue weighted by molar-refractivity contribution is 7.91. The van der Waals surface area contributed by atoms with E-state index in [1.165, 1.54) is 30.1 Å². The van der Waals surface area contributed by atoms with Gasteiger partial charge in [0.2, 0.25) is 10.0 Å². The lowest BCUT2D eigenvalue weighted by atomic mass is 10.1. The first-order valence-electron chi connectivity index (χ1n) is 9.16. The van der Waals surface area contributed by atoms with Gasteiger partial charge in [-0.15, -0.1) is 0 Å². The number of ether oxygens (including phenoxy) is 1. The molecule has 1 saturated heterocycles. The predicted molar refractivity (Wildman–Crippen MR) is 107 cm³/mol. The molecule has 2 rings (SSSR count). The summed E-state index contributed by atoms with van der Waals surface area (Å²) in [6.45, 7) is 3.62. The molecule has 0 bridgehead atoms. The summed E-state index contributed by atoms with van der Waals surface area (Å²) in [4.78, 5) is 26.3. The van der Waals surface area contributed by atoms with E-state index in [9.17, 15) is 26.4 Å². The number of carbonyl (C=O) groups excluding carboxylic acids is 2. The first-order valence-corrected chi connectivity index (χ1v) is 12.5. The minimum absolute atomic E-state index is 0.00650. The number of rotatable bonds is 8. The van der Waals surface area contributed by atoms with Crippen LogP contribution in [0.15, 0.2) is 29.2 Å². The second-order valence-electron chi connectivity index (χ2n) is 7.31. The maximum Gasteiger partial charge on any atom is 0.338 e. The highest BCUT2D eigenvalue weighted by atomic mass is 32.2. The predicted octanol–water partition coefficient (Wildman–Crippen LogP) is 0.423. The third kappa shape index (κ3) is 6.25. The van der Waals surface area contributed by atoms with Crippen molar-refractivity contribution in [2.75, 3.05) is 31.7 Å². The Bertz CT molecular complexity index is 972. The molecule has 1 aromatic carbocycles. The van der Waals surface area contributed by atoms with Crippen LogP contribution in [0.3, 0.4) is 0 Å². The largest absolute Gasteiger partial charge is 0.452 e. The van der Waals surface area contributed by atoms with Crippen LogP contribution in [0.5, 0.6) is 0 Å². The topological polar surface area (TPSA) is 127 Å². The molecule has 1 N–H and O–H groups in total. The van der Waals surface area contributed by atoms with E-state index in [2.05, 4.69) is 4.72 Å². The van der Waals surface area contributed by atoms with Crippen LogP contribution in [-0.2, 0) is 29.4 Å². The van der Waals surface area contributed by atoms with Gasteiger partial charge in [-0.25, -0.2) is 26.4 Å². The Balaban J connectivity index is 2.07. The summed E-state index contributed by atoms with van der Waals surface area (Å²) in [5.41, 5.74) is -0.00650. The lowest BCUT2D eigenvalue weighted by Gasteiger charge is -2.29. The summed E-state index contributed by atoms with van der Waals surface area (Å²) in [5.74, 6) is -1.26. The average molecular weight is 447 g/mol. The van der Waals surface area contributed by atoms with Crippen molar-refractivity contribution in [1.82, 2.24) is 9.62 Å². The normalized spacial score (nSPS) is 18.6. The van der Waals surface area contributed by atoms with Gasteiger partial charge in [-0.05, 0) is 37.6 Å². The zero-order chi connectivity index (χ0) is 21.8. The van der Waals surface area contributed by atoms with Gasteiger partial charge in [0.1, 0.15) is 0 Å². The second kappa shape index (κ2) is 9.23. The molecule has 1 unspecified atom stereocenters. The van der Waals surface area contributed by atoms with Gasteiger partial charge in [0, 0.05) is 12.6 Å². The van der Waals surface area contributed by atoms with E-state index in [1.807, 2.05) is 13.8 Å². The molecule has 1 aliphatic heterocycles. The molecule has 9 nitrogen and oxygen atoms in total. The summed E-state index contributed by atoms with van der Waals surface area (Å²) in [5, 5.41) is 0. The number of sulfone groups is 1. The molecule has 0 spiro atoms. The van der Waals surface area contributed by atoms with Gasteiger partial charge in [-0.3, -0.25) is 4.79 Å². The molecule has 1 aliphatic rings. The minimum atomic E-state index is -3.72. The smallest absolute Gasteiger partial charge is 0.338 e. The zero-order valence-electron chi connectivity index (χ0n) is 16.6. The van der Waals surface area contributed by atoms with Crippen molar-refractivity contribution in [2.24, 2.45) is 5.92 Å². The van der Waals surface area contributed by atoms with Crippen molar-refractivity contribution in [2.45, 2.75) is 31.2 Å². The van der Waals surface area contributed by atoms with Crippen LogP contribution in [0.25, 0.3) is 0 Å². The van der Waals surface area contributed by atoms with E-state index < -0.39 is 44.4 Å². The standard InChI is InChI=1S/C18H26N2O7S2/c1-13(2)10-20(15-7-8-28(23,24)12-15)17(21)11-27-18(22)14-5-4-6-16(9-14)29(25,26)19-3/h4-6,9,13,15,19H,7-8,10-12H2,1-3H3. The molecular weight excluding hydrogens is 420 g/mol. The van der Waals surface area contributed by atoms with Gasteiger partial charge in [-0.1, -0.05) is 19.9 Å². The molecule has 0 radical (unpaired) electrons. The summed E-state index contributed by atoms with van der Waals surface area (Å²) < 4.78 is 54.5. The number of sulfonamides is 1. The van der Waals surface area contributed by atoms with Gasteiger partial charge >= 0.3 is 5.97 Å². The molecular formula is C18H26N2O7S2. The fraction of sp³-hybridized carbons (Fsp3) is 0.556. The molecule has 162 valence electrons. The Labute approximate surface area is 171 Å². The Hall–Kier alpha value is -1.98. The Kier molecular flexibility index (Phi) is 7.41. The summed E-state index contributed by atoms with van der Waals surface area (Å²) in [6.07, 6.45) is 0.360. The number of amides is 1. The second-order valence-corrected chi connectivity index (χ2v) is 11.4. The maximum absolute atomic E-state index is 12.6. The number of hydrogen-bond acceptors (Lipinski definition) is 7. The van der Waals surface area contributed by atoms with Crippen LogP contribution in [0.2, 0.25) is 0 Å². The third-order valence-corrected chi connectivity index (χ3v) is 7.67. The third-order valence-electron chi connectivity index (χ3n) is 4.51. The van der Waals surface area contributed by atoms with Gasteiger partial charge in [-0.2, -0.15) is 0 Å². The van der Waals surface area contributed by atoms with Crippen LogP contribution >= 0.6 is 0 Å². The summed E-state index contributed by atoms with van der Waals surface area (Å²) in [7, 11) is -5.64. The van der Waals surface area contributed by atoms with Crippen molar-refractivity contribution in [3.8, 4) is 0 Å². The SMILES string of the molecule is CNS(=O)(=O)c1cccc(C(=O)OCC(=O)N(CC(C)C)C2CCS(=O)(=O)C2)c1. The minimum Gasteiger partial charge on any atom is -0.452 e. The average Bonchev–Trinajstić information content (AvgIpc) is 3.03. The van der Waals surface area contributed by atoms with E-state index in [1.54, 1.807) is 0 Å². The van der Waals surface area contributed by atoms with Crippen molar-refractivity contribution in [3.63, 3.8) is 0 Å². The van der Waals surface area contributed by atoms with Crippen LogP contribution < -0.4 is 4.72 Å². The lowest BCUT2D eigenvalue weighted by Crippen LogP contribution is -2.45. The lowest BCUT2D eigenvalue weighted by molar-refractivity contribution is -0.137. The molecule has 0 aromatic heterocycles. The number of nitrogens with zero attached hydrogens (tertiary/aromatic N) is 1. The van der Waals surface area contributed by atoms with Crippen LogP contribution in [0.1, 0.15) is 30.6 Å². The molecule has 29 heavy (non-hydrogen) atoms. The van der Waals surface area contributed by atoms with Crippen LogP contribution in [-0.4, -0.2) is 71.4 Å². The van der Waals surface area contributed by atoms with E-state index >= 15 is 0 Å². The number of esters is 1. The first-order chi connectivity index (χ1) is 13.4. The van der Waals surface area contributed by atoms with E-state index in [4.69, 9.17) is 4.74 Å². The fourth-order valence-electron chi connectivity index (χ4n) is 3.07. The molecule has 0 aliphatic carbocycles. The molecule has 11 heteroatoms. The summed E-state index contributed by atoms with van der Waals surface area (Å²) >= 11 is 0. The molecule has 0 saturated carbocycles. The molecule has 1 fully saturated rings. The highest BCUT2D eigenvalue weighted by Gasteiger charge is 2.35. The van der Waals surface area contributed by atoms with Crippen molar-refractivity contribution < 1.29 is 31.2 Å². The van der Waals surface area contributed by atoms with Gasteiger partial charge < -0.3 is 9.64 Å². The zero-order valence-corrected chi connectivity index (χ0v) is 18.3. The maximum atomic E-state index is 12.6. The molecule has 1 heterocycles. The number of carbonyl (C=O) groups is 2. The van der Waals surface area contributed by atoms with Gasteiger partial charge in [0.05, 0.1) is 22.0 Å². The van der Waals surface area contributed by atoms with Crippen LogP contribution in [0.4, 0.5) is 0 Å².